The zero-order valence-corrected chi connectivity index (χ0v) is 22.2. The number of aliphatic hydroxyl groups is 1. The number of hydrogen-bond acceptors (Lipinski definition) is 9. The largest absolute Gasteiger partial charge is 0.507 e. The van der Waals surface area contributed by atoms with E-state index in [1.54, 1.807) is 48.0 Å². The maximum Gasteiger partial charge on any atom is 0.301 e. The summed E-state index contributed by atoms with van der Waals surface area (Å²) in [7, 11) is 1.52. The van der Waals surface area contributed by atoms with Gasteiger partial charge in [-0.2, -0.15) is 0 Å². The van der Waals surface area contributed by atoms with E-state index in [4.69, 9.17) is 18.9 Å². The molecule has 1 atom stereocenters. The van der Waals surface area contributed by atoms with Crippen molar-refractivity contribution in [2.24, 2.45) is 0 Å². The molecular formula is C30H24N2O7S. The first-order valence-corrected chi connectivity index (χ1v) is 13.4. The van der Waals surface area contributed by atoms with E-state index in [0.717, 1.165) is 5.56 Å². The maximum atomic E-state index is 13.4. The summed E-state index contributed by atoms with van der Waals surface area (Å²) in [5.41, 5.74) is 1.78. The minimum Gasteiger partial charge on any atom is -0.507 e. The number of benzene rings is 3. The Kier molecular flexibility index (Phi) is 6.83. The van der Waals surface area contributed by atoms with Crippen LogP contribution in [0.4, 0.5) is 5.13 Å². The second kappa shape index (κ2) is 10.7. The topological polar surface area (TPSA) is 107 Å². The van der Waals surface area contributed by atoms with Crippen molar-refractivity contribution >= 4 is 33.9 Å². The Morgan fingerprint density at radius 2 is 1.82 bits per heavy atom. The summed E-state index contributed by atoms with van der Waals surface area (Å²) >= 11 is 1.22. The fraction of sp³-hybridized carbons (Fsp3) is 0.167. The first kappa shape index (κ1) is 25.4. The van der Waals surface area contributed by atoms with Crippen LogP contribution >= 0.6 is 11.3 Å². The van der Waals surface area contributed by atoms with Crippen LogP contribution in [0.1, 0.15) is 22.7 Å². The van der Waals surface area contributed by atoms with Gasteiger partial charge in [-0.1, -0.05) is 36.4 Å². The molecule has 3 aromatic carbocycles. The number of rotatable bonds is 7. The number of anilines is 1. The van der Waals surface area contributed by atoms with Crippen LogP contribution in [0.5, 0.6) is 23.0 Å². The predicted octanol–water partition coefficient (Wildman–Crippen LogP) is 5.13. The van der Waals surface area contributed by atoms with Gasteiger partial charge in [0, 0.05) is 17.1 Å². The molecule has 4 aromatic rings. The van der Waals surface area contributed by atoms with Crippen molar-refractivity contribution in [2.75, 3.05) is 25.2 Å². The molecule has 0 bridgehead atoms. The Hall–Kier alpha value is -4.83. The molecule has 1 N–H and O–H groups in total. The van der Waals surface area contributed by atoms with Gasteiger partial charge in [-0.25, -0.2) is 4.98 Å². The number of aliphatic hydroxyl groups excluding tert-OH is 1. The van der Waals surface area contributed by atoms with Gasteiger partial charge in [-0.05, 0) is 41.5 Å². The van der Waals surface area contributed by atoms with Crippen molar-refractivity contribution in [3.63, 3.8) is 0 Å². The highest BCUT2D eigenvalue weighted by molar-refractivity contribution is 7.14. The monoisotopic (exact) mass is 556 g/mol. The number of carbonyl (C=O) groups excluding carboxylic acids is 2. The van der Waals surface area contributed by atoms with E-state index in [0.29, 0.717) is 59.1 Å². The second-order valence-electron chi connectivity index (χ2n) is 9.03. The van der Waals surface area contributed by atoms with Crippen molar-refractivity contribution in [2.45, 2.75) is 12.6 Å². The van der Waals surface area contributed by atoms with Crippen LogP contribution in [-0.2, 0) is 16.2 Å². The lowest BCUT2D eigenvalue weighted by molar-refractivity contribution is -0.132. The molecule has 9 nitrogen and oxygen atoms in total. The molecular weight excluding hydrogens is 532 g/mol. The number of nitrogens with zero attached hydrogens (tertiary/aromatic N) is 2. The van der Waals surface area contributed by atoms with E-state index in [9.17, 15) is 14.7 Å². The standard InChI is InChI=1S/C30H24N2O7S/c1-36-23-15-19(7-9-21(23)39-17-18-5-3-2-4-6-18)26-25(28(34)29(35)32(26)30-31-11-14-40-30)27(33)20-8-10-22-24(16-20)38-13-12-37-22/h2-11,14-16,26,33H,12-13,17H2,1H3/t26-/m0/s1. The van der Waals surface area contributed by atoms with Crippen LogP contribution in [0.3, 0.4) is 0 Å². The molecule has 2 aliphatic heterocycles. The minimum absolute atomic E-state index is 0.0723. The van der Waals surface area contributed by atoms with Crippen LogP contribution in [0.2, 0.25) is 0 Å². The van der Waals surface area contributed by atoms with Crippen LogP contribution in [-0.4, -0.2) is 42.1 Å². The quantitative estimate of drug-likeness (QED) is 0.190. The molecule has 202 valence electrons. The molecule has 0 saturated carbocycles. The number of methoxy groups -OCH3 is 1. The number of ether oxygens (including phenoxy) is 4. The smallest absolute Gasteiger partial charge is 0.301 e. The summed E-state index contributed by atoms with van der Waals surface area (Å²) in [6.07, 6.45) is 1.55. The van der Waals surface area contributed by atoms with Gasteiger partial charge in [0.15, 0.2) is 28.1 Å². The summed E-state index contributed by atoms with van der Waals surface area (Å²) in [4.78, 5) is 32.4. The average Bonchev–Trinajstić information content (AvgIpc) is 3.62. The molecule has 0 aliphatic carbocycles. The van der Waals surface area contributed by atoms with Crippen molar-refractivity contribution in [1.29, 1.82) is 0 Å². The summed E-state index contributed by atoms with van der Waals surface area (Å²) in [5.74, 6) is -0.0484. The fourth-order valence-corrected chi connectivity index (χ4v) is 5.40. The molecule has 40 heavy (non-hydrogen) atoms. The van der Waals surface area contributed by atoms with Crippen molar-refractivity contribution in [1.82, 2.24) is 4.98 Å². The Labute approximate surface area is 233 Å². The Balaban J connectivity index is 1.43. The zero-order valence-electron chi connectivity index (χ0n) is 21.4. The molecule has 6 rings (SSSR count). The molecule has 0 spiro atoms. The van der Waals surface area contributed by atoms with E-state index >= 15 is 0 Å². The molecule has 10 heteroatoms. The van der Waals surface area contributed by atoms with Gasteiger partial charge in [-0.15, -0.1) is 11.3 Å². The van der Waals surface area contributed by atoms with Gasteiger partial charge in [0.05, 0.1) is 18.7 Å². The third-order valence-corrected chi connectivity index (χ3v) is 7.40. The van der Waals surface area contributed by atoms with Crippen molar-refractivity contribution < 1.29 is 33.6 Å². The number of carbonyl (C=O) groups is 2. The normalized spacial score (nSPS) is 17.6. The first-order valence-electron chi connectivity index (χ1n) is 12.5. The third-order valence-electron chi connectivity index (χ3n) is 6.63. The van der Waals surface area contributed by atoms with Gasteiger partial charge >= 0.3 is 5.91 Å². The van der Waals surface area contributed by atoms with Crippen LogP contribution < -0.4 is 23.8 Å². The lowest BCUT2D eigenvalue weighted by atomic mass is 9.95. The molecule has 2 aliphatic rings. The third kappa shape index (κ3) is 4.62. The number of fused-ring (bicyclic) bond motifs is 1. The lowest BCUT2D eigenvalue weighted by Crippen LogP contribution is -2.29. The predicted molar refractivity (Wildman–Crippen MR) is 148 cm³/mol. The lowest BCUT2D eigenvalue weighted by Gasteiger charge is -2.24. The molecule has 3 heterocycles. The number of Topliss-reactive ketones (excluding diaryl/α,β-unsaturated/α-hetero) is 1. The highest BCUT2D eigenvalue weighted by atomic mass is 32.1. The highest BCUT2D eigenvalue weighted by Crippen LogP contribution is 2.45. The number of ketones is 1. The average molecular weight is 557 g/mol. The molecule has 1 amide bonds. The fourth-order valence-electron chi connectivity index (χ4n) is 4.74. The number of hydrogen-bond donors (Lipinski definition) is 1. The van der Waals surface area contributed by atoms with Gasteiger partial charge in [-0.3, -0.25) is 14.5 Å². The van der Waals surface area contributed by atoms with Gasteiger partial charge in [0.25, 0.3) is 5.78 Å². The van der Waals surface area contributed by atoms with Crippen LogP contribution in [0.25, 0.3) is 5.76 Å². The van der Waals surface area contributed by atoms with Gasteiger partial charge in [0.2, 0.25) is 0 Å². The summed E-state index contributed by atoms with van der Waals surface area (Å²) in [6, 6.07) is 18.8. The summed E-state index contributed by atoms with van der Waals surface area (Å²) < 4.78 is 22.9. The minimum atomic E-state index is -0.962. The molecule has 0 radical (unpaired) electrons. The summed E-state index contributed by atoms with van der Waals surface area (Å²) in [6.45, 7) is 1.12. The van der Waals surface area contributed by atoms with Gasteiger partial charge in [0.1, 0.15) is 25.6 Å². The zero-order chi connectivity index (χ0) is 27.6. The second-order valence-corrected chi connectivity index (χ2v) is 9.90. The SMILES string of the molecule is COc1cc([C@H]2C(=C(O)c3ccc4c(c3)OCCO4)C(=O)C(=O)N2c2nccs2)ccc1OCc1ccccc1. The number of aromatic nitrogens is 1. The van der Waals surface area contributed by atoms with E-state index in [-0.39, 0.29) is 11.3 Å². The van der Waals surface area contributed by atoms with E-state index in [1.165, 1.54) is 23.3 Å². The molecule has 1 aromatic heterocycles. The molecule has 0 unspecified atom stereocenters. The highest BCUT2D eigenvalue weighted by Gasteiger charge is 2.48. The van der Waals surface area contributed by atoms with Crippen molar-refractivity contribution in [3.05, 3.63) is 101 Å². The van der Waals surface area contributed by atoms with E-state index in [1.807, 2.05) is 30.3 Å². The summed E-state index contributed by atoms with van der Waals surface area (Å²) in [5, 5.41) is 13.5. The van der Waals surface area contributed by atoms with E-state index in [2.05, 4.69) is 4.98 Å². The van der Waals surface area contributed by atoms with Crippen molar-refractivity contribution in [3.8, 4) is 23.0 Å². The Bertz CT molecular complexity index is 1600. The molecule has 1 fully saturated rings. The van der Waals surface area contributed by atoms with Gasteiger partial charge < -0.3 is 24.1 Å². The first-order chi connectivity index (χ1) is 19.5. The maximum absolute atomic E-state index is 13.4. The van der Waals surface area contributed by atoms with Crippen LogP contribution in [0, 0.1) is 0 Å². The molecule has 1 saturated heterocycles. The van der Waals surface area contributed by atoms with Crippen LogP contribution in [0.15, 0.2) is 83.9 Å². The van der Waals surface area contributed by atoms with E-state index < -0.39 is 17.7 Å². The number of thiazole rings is 1. The Morgan fingerprint density at radius 1 is 1.02 bits per heavy atom. The number of amides is 1. The Morgan fingerprint density at radius 3 is 2.58 bits per heavy atom.